The first-order valence-corrected chi connectivity index (χ1v) is 7.26. The minimum Gasteiger partial charge on any atom is -0.780 e. The summed E-state index contributed by atoms with van der Waals surface area (Å²) in [6.45, 7) is 0. The Bertz CT molecular complexity index is 435. The fourth-order valence-corrected chi connectivity index (χ4v) is 0.632. The summed E-state index contributed by atoms with van der Waals surface area (Å²) < 4.78 is 85.5. The Morgan fingerprint density at radius 2 is 0.895 bits per heavy atom. The maximum Gasteiger partial charge on any atom is 1.00 e. The van der Waals surface area contributed by atoms with E-state index in [-0.39, 0.29) is 71.4 Å². The molecule has 0 heterocycles. The van der Waals surface area contributed by atoms with Gasteiger partial charge in [-0.1, -0.05) is 8.67 Å². The molecule has 110 valence electrons. The summed E-state index contributed by atoms with van der Waals surface area (Å²) >= 11 is 3.24. The van der Waals surface area contributed by atoms with Crippen LogP contribution >= 0.6 is 0 Å². The topological polar surface area (TPSA) is 260 Å². The Morgan fingerprint density at radius 3 is 0.947 bits per heavy atom. The van der Waals surface area contributed by atoms with Crippen molar-refractivity contribution in [3.05, 3.63) is 0 Å². The van der Waals surface area contributed by atoms with Crippen molar-refractivity contribution in [2.45, 2.75) is 0 Å². The Kier molecular flexibility index (Phi) is 29.2. The van der Waals surface area contributed by atoms with Gasteiger partial charge in [-0.25, -0.2) is 0 Å². The summed E-state index contributed by atoms with van der Waals surface area (Å²) in [5.74, 6) is 0. The van der Waals surface area contributed by atoms with E-state index in [1.165, 1.54) is 0 Å². The van der Waals surface area contributed by atoms with E-state index >= 15 is 0 Å². The monoisotopic (exact) mass is 386 g/mol. The Morgan fingerprint density at radius 1 is 0.789 bits per heavy atom. The van der Waals surface area contributed by atoms with Crippen LogP contribution < -0.4 is 71.4 Å². The third-order valence-corrected chi connectivity index (χ3v) is 0.766. The van der Waals surface area contributed by atoms with Crippen molar-refractivity contribution in [2.24, 2.45) is 0 Å². The minimum atomic E-state index is -5.02. The van der Waals surface area contributed by atoms with Crippen molar-refractivity contribution in [3.63, 3.8) is 0 Å². The van der Waals surface area contributed by atoms with Crippen LogP contribution in [0.15, 0.2) is 0 Å². The number of hydrogen-bond acceptors (Lipinski definition) is 12. The van der Waals surface area contributed by atoms with Gasteiger partial charge in [0.15, 0.2) is 0 Å². The van der Waals surface area contributed by atoms with Gasteiger partial charge in [0, 0.05) is 0 Å². The molecule has 13 nitrogen and oxygen atoms in total. The second-order valence-electron chi connectivity index (χ2n) is 1.40. The smallest absolute Gasteiger partial charge is 0.780 e. The summed E-state index contributed by atoms with van der Waals surface area (Å²) in [5.41, 5.74) is 0. The first-order chi connectivity index (χ1) is 6.21. The first-order valence-electron chi connectivity index (χ1n) is 2.20. The van der Waals surface area contributed by atoms with Crippen LogP contribution in [0.1, 0.15) is 0 Å². The maximum atomic E-state index is 9.51. The van der Waals surface area contributed by atoms with Gasteiger partial charge in [0.2, 0.25) is 0 Å². The number of hydrogen-bond donors (Lipinski definition) is 4. The zero-order valence-corrected chi connectivity index (χ0v) is 16.9. The van der Waals surface area contributed by atoms with Gasteiger partial charge in [-0.3, -0.25) is 13.3 Å². The fraction of sp³-hybridized carbons (Fsp3) is 0. The van der Waals surface area contributed by atoms with Crippen LogP contribution in [0.2, 0.25) is 0 Å². The van der Waals surface area contributed by atoms with Crippen LogP contribution in [-0.2, 0) is 49.7 Å². The van der Waals surface area contributed by atoms with Gasteiger partial charge < -0.3 is 21.4 Å². The molecule has 0 amide bonds. The zero-order chi connectivity index (χ0) is 12.9. The number of rotatable bonds is 3. The third-order valence-electron chi connectivity index (χ3n) is 0.200. The van der Waals surface area contributed by atoms with Crippen LogP contribution in [0.25, 0.3) is 0 Å². The van der Waals surface area contributed by atoms with E-state index < -0.39 is 29.9 Å². The molecule has 0 spiro atoms. The van der Waals surface area contributed by atoms with Gasteiger partial charge in [-0.05, 0) is 11.2 Å². The summed E-state index contributed by atoms with van der Waals surface area (Å²) in [6.07, 6.45) is 0. The predicted molar refractivity (Wildman–Crippen MR) is 52.4 cm³/mol. The molecule has 8 N–H and O–H groups in total. The molecule has 0 aromatic rings. The van der Waals surface area contributed by atoms with E-state index in [9.17, 15) is 16.8 Å². The molecule has 0 rings (SSSR count). The van der Waals surface area contributed by atoms with Crippen LogP contribution in [0.4, 0.5) is 0 Å². The molecule has 0 bridgehead atoms. The molecular formula is H8N2Na2O11S4. The maximum absolute atomic E-state index is 9.51. The van der Waals surface area contributed by atoms with E-state index in [1.807, 2.05) is 0 Å². The molecule has 0 atom stereocenters. The van der Waals surface area contributed by atoms with Crippen molar-refractivity contribution in [1.29, 1.82) is 0 Å². The second kappa shape index (κ2) is 14.9. The molecule has 0 saturated carbocycles. The van der Waals surface area contributed by atoms with Gasteiger partial charge in [-0.15, -0.1) is 9.05 Å². The Hall–Kier alpha value is 1.95. The van der Waals surface area contributed by atoms with Gasteiger partial charge in [0.25, 0.3) is 0 Å². The van der Waals surface area contributed by atoms with E-state index in [4.69, 9.17) is 22.4 Å². The summed E-state index contributed by atoms with van der Waals surface area (Å²) in [4.78, 5) is 0. The SMILES string of the molecule is N.N.O=S(=O)(O)OOS(=O)(=O)O.O=S([O-])([O-])=S.[Na+].[Na+]. The molecule has 0 aliphatic heterocycles. The van der Waals surface area contributed by atoms with Crippen LogP contribution in [0.5, 0.6) is 0 Å². The van der Waals surface area contributed by atoms with Crippen molar-refractivity contribution >= 4 is 41.0 Å². The molecule has 0 unspecified atom stereocenters. The molecule has 0 radical (unpaired) electrons. The average molecular weight is 386 g/mol. The van der Waals surface area contributed by atoms with Gasteiger partial charge in [0.1, 0.15) is 0 Å². The van der Waals surface area contributed by atoms with Crippen molar-refractivity contribution in [3.8, 4) is 0 Å². The van der Waals surface area contributed by atoms with Crippen LogP contribution in [0, 0.1) is 0 Å². The van der Waals surface area contributed by atoms with Crippen LogP contribution in [0.3, 0.4) is 0 Å². The van der Waals surface area contributed by atoms with Gasteiger partial charge in [-0.2, -0.15) is 16.8 Å². The third kappa shape index (κ3) is 80.2. The summed E-state index contributed by atoms with van der Waals surface area (Å²) in [5, 5.41) is 0. The molecule has 0 saturated heterocycles. The van der Waals surface area contributed by atoms with Crippen molar-refractivity contribution < 1.29 is 107 Å². The van der Waals surface area contributed by atoms with Gasteiger partial charge >= 0.3 is 79.9 Å². The average Bonchev–Trinajstić information content (AvgIpc) is 1.76. The standard InChI is InChI=1S/2H3N.2Na.H2O8S2.H2O3S2/c;;;;1-9(2,3)7-8-10(4,5)6;1-5(2,3)4/h2*1H3;;;(H,1,2,3)(H,4,5,6);(H2,1,2,3,4)/q;;2*+1;;/p-2. The molecule has 0 aliphatic carbocycles. The Balaban J connectivity index is -0.0000000418. The molecule has 19 heteroatoms. The molecule has 19 heavy (non-hydrogen) atoms. The van der Waals surface area contributed by atoms with E-state index in [0.29, 0.717) is 0 Å². The normalized spacial score (nSPS) is 10.1. The summed E-state index contributed by atoms with van der Waals surface area (Å²) in [7, 11) is -14.4. The van der Waals surface area contributed by atoms with Crippen molar-refractivity contribution in [1.82, 2.24) is 12.3 Å². The van der Waals surface area contributed by atoms with E-state index in [2.05, 4.69) is 19.9 Å². The van der Waals surface area contributed by atoms with Crippen LogP contribution in [-0.4, -0.2) is 39.3 Å². The molecule has 0 aliphatic rings. The first kappa shape index (κ1) is 37.3. The summed E-state index contributed by atoms with van der Waals surface area (Å²) in [6, 6.07) is 0. The molecule has 0 aromatic heterocycles. The molecular weight excluding hydrogens is 378 g/mol. The zero-order valence-electron chi connectivity index (χ0n) is 9.62. The quantitative estimate of drug-likeness (QED) is 0.152. The van der Waals surface area contributed by atoms with Crippen molar-refractivity contribution in [2.75, 3.05) is 0 Å². The fourth-order valence-electron chi connectivity index (χ4n) is 0.0702. The predicted octanol–water partition coefficient (Wildman–Crippen LogP) is -8.13. The Labute approximate surface area is 158 Å². The largest absolute Gasteiger partial charge is 1.00 e. The van der Waals surface area contributed by atoms with E-state index in [1.54, 1.807) is 0 Å². The van der Waals surface area contributed by atoms with E-state index in [0.717, 1.165) is 0 Å². The molecule has 0 fully saturated rings. The second-order valence-corrected chi connectivity index (χ2v) is 5.42. The van der Waals surface area contributed by atoms with Gasteiger partial charge in [0.05, 0.1) is 0 Å². The molecule has 0 aromatic carbocycles. The minimum absolute atomic E-state index is 0.